The van der Waals surface area contributed by atoms with Gasteiger partial charge in [0.05, 0.1) is 17.4 Å². The van der Waals surface area contributed by atoms with Gasteiger partial charge in [-0.25, -0.2) is 4.98 Å². The summed E-state index contributed by atoms with van der Waals surface area (Å²) in [5, 5.41) is 0.274. The lowest BCUT2D eigenvalue weighted by Crippen LogP contribution is -2.35. The van der Waals surface area contributed by atoms with Gasteiger partial charge in [0.1, 0.15) is 22.4 Å². The highest BCUT2D eigenvalue weighted by Crippen LogP contribution is 2.29. The zero-order valence-electron chi connectivity index (χ0n) is 15.7. The number of carbonyl (C=O) groups is 2. The third-order valence-corrected chi connectivity index (χ3v) is 5.83. The predicted octanol–water partition coefficient (Wildman–Crippen LogP) is 1.51. The molecule has 0 saturated carbocycles. The number of para-hydroxylation sites is 1. The van der Waals surface area contributed by atoms with E-state index in [1.165, 1.54) is 4.57 Å². The van der Waals surface area contributed by atoms with E-state index < -0.39 is 23.4 Å². The second kappa shape index (κ2) is 7.43. The van der Waals surface area contributed by atoms with Crippen molar-refractivity contribution in [3.63, 3.8) is 0 Å². The Morgan fingerprint density at radius 2 is 1.96 bits per heavy atom. The third-order valence-electron chi connectivity index (χ3n) is 4.63. The highest BCUT2D eigenvalue weighted by molar-refractivity contribution is 7.20. The van der Waals surface area contributed by atoms with E-state index in [9.17, 15) is 14.4 Å². The molecule has 146 valence electrons. The Bertz CT molecular complexity index is 1150. The maximum atomic E-state index is 13.2. The summed E-state index contributed by atoms with van der Waals surface area (Å²) in [6, 6.07) is 6.42. The molecule has 0 aliphatic heterocycles. The Labute approximate surface area is 164 Å². The van der Waals surface area contributed by atoms with Crippen LogP contribution in [0.15, 0.2) is 29.1 Å². The van der Waals surface area contributed by atoms with Gasteiger partial charge in [-0.3, -0.25) is 19.0 Å². The molecule has 0 spiro atoms. The molecule has 1 atom stereocenters. The summed E-state index contributed by atoms with van der Waals surface area (Å²) in [6.45, 7) is 3.18. The van der Waals surface area contributed by atoms with Crippen LogP contribution in [0.2, 0.25) is 0 Å². The topological polar surface area (TPSA) is 130 Å². The highest BCUT2D eigenvalue weighted by atomic mass is 32.1. The Morgan fingerprint density at radius 3 is 2.57 bits per heavy atom. The summed E-state index contributed by atoms with van der Waals surface area (Å²) in [5.74, 6) is -0.297. The lowest BCUT2D eigenvalue weighted by Gasteiger charge is -2.17. The molecule has 3 rings (SSSR count). The number of aryl methyl sites for hydroxylation is 1. The minimum absolute atomic E-state index is 0.246. The number of rotatable bonds is 6. The minimum atomic E-state index is -0.912. The number of hydrogen-bond donors (Lipinski definition) is 2. The first-order valence-corrected chi connectivity index (χ1v) is 9.33. The van der Waals surface area contributed by atoms with Crippen LogP contribution < -0.4 is 21.8 Å². The smallest absolute Gasteiger partial charge is 0.263 e. The average Bonchev–Trinajstić information content (AvgIpc) is 2.98. The monoisotopic (exact) mass is 400 g/mol. The first-order valence-electron chi connectivity index (χ1n) is 8.51. The van der Waals surface area contributed by atoms with Gasteiger partial charge in [-0.1, -0.05) is 18.2 Å². The van der Waals surface area contributed by atoms with E-state index in [1.54, 1.807) is 27.0 Å². The number of nitrogens with two attached hydrogens (primary N) is 2. The summed E-state index contributed by atoms with van der Waals surface area (Å²) in [6.07, 6.45) is 0.246. The molecular formula is C19H20N4O4S. The number of amides is 2. The van der Waals surface area contributed by atoms with Gasteiger partial charge in [0.15, 0.2) is 0 Å². The standard InChI is InChI=1S/C19H20N4O4S/c1-9-14-18(28-15(9)17(21)25)22-13(23(19(14)26)10(2)16(20)24)8-11-6-4-5-7-12(11)27-3/h4-7,10H,8H2,1-3H3,(H2,20,24)(H2,21,25). The number of fused-ring (bicyclic) bond motifs is 1. The maximum Gasteiger partial charge on any atom is 0.263 e. The molecule has 9 heteroatoms. The molecule has 2 aromatic heterocycles. The molecule has 0 radical (unpaired) electrons. The van der Waals surface area contributed by atoms with Gasteiger partial charge in [0, 0.05) is 12.0 Å². The fourth-order valence-corrected chi connectivity index (χ4v) is 4.19. The molecule has 1 unspecified atom stereocenters. The van der Waals surface area contributed by atoms with Crippen molar-refractivity contribution in [1.29, 1.82) is 0 Å². The molecule has 0 aliphatic rings. The normalized spacial score (nSPS) is 12.1. The van der Waals surface area contributed by atoms with E-state index in [0.29, 0.717) is 22.0 Å². The Morgan fingerprint density at radius 1 is 1.29 bits per heavy atom. The van der Waals surface area contributed by atoms with E-state index in [1.807, 2.05) is 18.2 Å². The molecular weight excluding hydrogens is 380 g/mol. The molecule has 0 saturated heterocycles. The first kappa shape index (κ1) is 19.6. The van der Waals surface area contributed by atoms with Gasteiger partial charge in [-0.15, -0.1) is 11.3 Å². The van der Waals surface area contributed by atoms with E-state index >= 15 is 0 Å². The fourth-order valence-electron chi connectivity index (χ4n) is 3.14. The third kappa shape index (κ3) is 3.24. The molecule has 1 aromatic carbocycles. The van der Waals surface area contributed by atoms with Crippen molar-refractivity contribution in [1.82, 2.24) is 9.55 Å². The second-order valence-electron chi connectivity index (χ2n) is 6.37. The van der Waals surface area contributed by atoms with Crippen LogP contribution >= 0.6 is 11.3 Å². The molecule has 0 fully saturated rings. The molecule has 0 bridgehead atoms. The lowest BCUT2D eigenvalue weighted by atomic mass is 10.1. The Balaban J connectivity index is 2.31. The van der Waals surface area contributed by atoms with Crippen molar-refractivity contribution in [2.45, 2.75) is 26.3 Å². The predicted molar refractivity (Wildman–Crippen MR) is 107 cm³/mol. The van der Waals surface area contributed by atoms with Gasteiger partial charge < -0.3 is 16.2 Å². The molecule has 8 nitrogen and oxygen atoms in total. The van der Waals surface area contributed by atoms with E-state index in [0.717, 1.165) is 16.9 Å². The summed E-state index contributed by atoms with van der Waals surface area (Å²) in [7, 11) is 1.55. The molecule has 2 heterocycles. The zero-order valence-corrected chi connectivity index (χ0v) is 16.5. The Hall–Kier alpha value is -3.20. The summed E-state index contributed by atoms with van der Waals surface area (Å²) in [5.41, 5.74) is 11.7. The number of thiophene rings is 1. The fraction of sp³-hybridized carbons (Fsp3) is 0.263. The minimum Gasteiger partial charge on any atom is -0.496 e. The van der Waals surface area contributed by atoms with Gasteiger partial charge >= 0.3 is 0 Å². The largest absolute Gasteiger partial charge is 0.496 e. The zero-order chi connectivity index (χ0) is 20.6. The van der Waals surface area contributed by atoms with Crippen LogP contribution in [0.25, 0.3) is 10.2 Å². The number of aromatic nitrogens is 2. The van der Waals surface area contributed by atoms with Crippen LogP contribution in [0.3, 0.4) is 0 Å². The number of nitrogens with zero attached hydrogens (tertiary/aromatic N) is 2. The maximum absolute atomic E-state index is 13.2. The van der Waals surface area contributed by atoms with Crippen molar-refractivity contribution in [3.05, 3.63) is 56.4 Å². The van der Waals surface area contributed by atoms with E-state index in [4.69, 9.17) is 16.2 Å². The van der Waals surface area contributed by atoms with Gasteiger partial charge in [0.2, 0.25) is 5.91 Å². The average molecular weight is 400 g/mol. The van der Waals surface area contributed by atoms with Crippen LogP contribution in [-0.4, -0.2) is 28.5 Å². The Kier molecular flexibility index (Phi) is 5.19. The summed E-state index contributed by atoms with van der Waals surface area (Å²) in [4.78, 5) is 42.0. The lowest BCUT2D eigenvalue weighted by molar-refractivity contribution is -0.120. The van der Waals surface area contributed by atoms with Gasteiger partial charge in [-0.2, -0.15) is 0 Å². The molecule has 28 heavy (non-hydrogen) atoms. The van der Waals surface area contributed by atoms with Crippen molar-refractivity contribution in [2.24, 2.45) is 11.5 Å². The van der Waals surface area contributed by atoms with Gasteiger partial charge in [0.25, 0.3) is 11.5 Å². The number of primary amides is 2. The van der Waals surface area contributed by atoms with Crippen LogP contribution in [0, 0.1) is 6.92 Å². The van der Waals surface area contributed by atoms with Crippen LogP contribution in [-0.2, 0) is 11.2 Å². The molecule has 4 N–H and O–H groups in total. The van der Waals surface area contributed by atoms with Crippen LogP contribution in [0.4, 0.5) is 0 Å². The summed E-state index contributed by atoms with van der Waals surface area (Å²) < 4.78 is 6.65. The number of methoxy groups -OCH3 is 1. The second-order valence-corrected chi connectivity index (χ2v) is 7.37. The molecule has 0 aliphatic carbocycles. The SMILES string of the molecule is COc1ccccc1Cc1nc2sc(C(N)=O)c(C)c2c(=O)n1C(C)C(N)=O. The van der Waals surface area contributed by atoms with Gasteiger partial charge in [-0.05, 0) is 25.5 Å². The number of carbonyl (C=O) groups excluding carboxylic acids is 2. The van der Waals surface area contributed by atoms with Crippen molar-refractivity contribution < 1.29 is 14.3 Å². The number of benzene rings is 1. The first-order chi connectivity index (χ1) is 13.3. The van der Waals surface area contributed by atoms with Crippen molar-refractivity contribution in [3.8, 4) is 5.75 Å². The highest BCUT2D eigenvalue weighted by Gasteiger charge is 2.24. The van der Waals surface area contributed by atoms with Crippen molar-refractivity contribution >= 4 is 33.4 Å². The summed E-state index contributed by atoms with van der Waals surface area (Å²) >= 11 is 1.06. The van der Waals surface area contributed by atoms with Crippen LogP contribution in [0.1, 0.15) is 39.6 Å². The van der Waals surface area contributed by atoms with E-state index in [-0.39, 0.29) is 16.7 Å². The van der Waals surface area contributed by atoms with E-state index in [2.05, 4.69) is 4.98 Å². The quantitative estimate of drug-likeness (QED) is 0.648. The molecule has 2 amide bonds. The number of hydrogen-bond acceptors (Lipinski definition) is 6. The molecule has 3 aromatic rings. The van der Waals surface area contributed by atoms with Crippen molar-refractivity contribution in [2.75, 3.05) is 7.11 Å². The van der Waals surface area contributed by atoms with Crippen LogP contribution in [0.5, 0.6) is 5.75 Å². The number of ether oxygens (including phenoxy) is 1.